The Morgan fingerprint density at radius 1 is 1.27 bits per heavy atom. The second-order valence-electron chi connectivity index (χ2n) is 9.08. The van der Waals surface area contributed by atoms with Crippen LogP contribution in [0, 0.1) is 24.1 Å². The van der Waals surface area contributed by atoms with Crippen molar-refractivity contribution in [3.63, 3.8) is 0 Å². The van der Waals surface area contributed by atoms with Gasteiger partial charge in [0.05, 0.1) is 42.5 Å². The van der Waals surface area contributed by atoms with Crippen LogP contribution in [0.1, 0.15) is 11.1 Å². The Balaban J connectivity index is 1.34. The number of aryl methyl sites for hydroxylation is 1. The third-order valence-electron chi connectivity index (χ3n) is 6.36. The molecule has 6 rings (SSSR count). The molecule has 2 aromatic heterocycles. The molecule has 1 aliphatic rings. The first-order valence-corrected chi connectivity index (χ1v) is 12.9. The Bertz CT molecular complexity index is 1850. The number of nitriles is 1. The van der Waals surface area contributed by atoms with Gasteiger partial charge in [-0.25, -0.2) is 24.1 Å². The summed E-state index contributed by atoms with van der Waals surface area (Å²) in [6.45, 7) is 1.87. The fourth-order valence-corrected chi connectivity index (χ4v) is 5.65. The van der Waals surface area contributed by atoms with Gasteiger partial charge in [0.25, 0.3) is 0 Å². The van der Waals surface area contributed by atoms with Crippen molar-refractivity contribution in [2.45, 2.75) is 13.0 Å². The lowest BCUT2D eigenvalue weighted by atomic mass is 10.1. The Labute approximate surface area is 230 Å². The summed E-state index contributed by atoms with van der Waals surface area (Å²) in [5.74, 6) is 0.287. The van der Waals surface area contributed by atoms with Gasteiger partial charge in [-0.2, -0.15) is 5.26 Å². The molecular weight excluding hydrogens is 537 g/mol. The van der Waals surface area contributed by atoms with Crippen molar-refractivity contribution in [2.24, 2.45) is 0 Å². The molecular formula is C28H20FN5O5S. The number of nitrogens with zero attached hydrogens (tertiary/aromatic N) is 5. The van der Waals surface area contributed by atoms with Crippen LogP contribution in [0.2, 0.25) is 0 Å². The minimum atomic E-state index is -1.22. The van der Waals surface area contributed by atoms with Crippen molar-refractivity contribution in [1.82, 2.24) is 15.0 Å². The van der Waals surface area contributed by atoms with Crippen LogP contribution in [0.15, 0.2) is 48.7 Å². The fraction of sp³-hybridized carbons (Fsp3) is 0.179. The summed E-state index contributed by atoms with van der Waals surface area (Å²) < 4.78 is 33.0. The second-order valence-corrected chi connectivity index (χ2v) is 10.1. The minimum Gasteiger partial charge on any atom is -0.484 e. The zero-order valence-electron chi connectivity index (χ0n) is 21.2. The van der Waals surface area contributed by atoms with Crippen LogP contribution >= 0.6 is 11.3 Å². The summed E-state index contributed by atoms with van der Waals surface area (Å²) in [4.78, 5) is 26.6. The van der Waals surface area contributed by atoms with E-state index in [2.05, 4.69) is 15.0 Å². The van der Waals surface area contributed by atoms with E-state index < -0.39 is 18.0 Å². The number of ether oxygens (including phenoxy) is 3. The van der Waals surface area contributed by atoms with Crippen molar-refractivity contribution < 1.29 is 28.5 Å². The second kappa shape index (κ2) is 9.94. The number of carbonyl (C=O) groups is 1. The number of thiazole rings is 1. The molecule has 3 heterocycles. The van der Waals surface area contributed by atoms with E-state index in [1.165, 1.54) is 36.8 Å². The SMILES string of the molecule is COc1cnc2c(-c3nc4c(F)cc5c(c4s3)OC[C@@H](CN(C(=O)O)c3cccc(C#N)c3)O5)cc(C)cc2n1. The molecule has 1 N–H and O–H groups in total. The van der Waals surface area contributed by atoms with Crippen LogP contribution in [0.25, 0.3) is 31.8 Å². The summed E-state index contributed by atoms with van der Waals surface area (Å²) in [5, 5.41) is 19.5. The van der Waals surface area contributed by atoms with Crippen LogP contribution in [0.4, 0.5) is 14.9 Å². The van der Waals surface area contributed by atoms with E-state index in [0.29, 0.717) is 49.2 Å². The Hall–Kier alpha value is -5.02. The number of hydrogen-bond donors (Lipinski definition) is 1. The minimum absolute atomic E-state index is 0.0291. The monoisotopic (exact) mass is 557 g/mol. The van der Waals surface area contributed by atoms with Gasteiger partial charge in [0.15, 0.2) is 23.4 Å². The third-order valence-corrected chi connectivity index (χ3v) is 7.45. The van der Waals surface area contributed by atoms with Gasteiger partial charge in [-0.3, -0.25) is 4.90 Å². The van der Waals surface area contributed by atoms with Crippen molar-refractivity contribution in [3.8, 4) is 34.0 Å². The van der Waals surface area contributed by atoms with Gasteiger partial charge in [-0.1, -0.05) is 6.07 Å². The maximum atomic E-state index is 15.3. The van der Waals surface area contributed by atoms with Crippen LogP contribution < -0.4 is 19.1 Å². The average Bonchev–Trinajstić information content (AvgIpc) is 3.41. The van der Waals surface area contributed by atoms with Crippen LogP contribution in [0.5, 0.6) is 17.4 Å². The van der Waals surface area contributed by atoms with Gasteiger partial charge >= 0.3 is 6.09 Å². The number of rotatable bonds is 5. The molecule has 0 radical (unpaired) electrons. The predicted octanol–water partition coefficient (Wildman–Crippen LogP) is 5.56. The molecule has 1 aliphatic heterocycles. The number of carboxylic acid groups (broad SMARTS) is 1. The van der Waals surface area contributed by atoms with Gasteiger partial charge in [-0.05, 0) is 42.8 Å². The van der Waals surface area contributed by atoms with E-state index >= 15 is 4.39 Å². The van der Waals surface area contributed by atoms with E-state index in [1.807, 2.05) is 25.1 Å². The number of hydrogen-bond acceptors (Lipinski definition) is 9. The zero-order valence-corrected chi connectivity index (χ0v) is 22.0. The van der Waals surface area contributed by atoms with Crippen molar-refractivity contribution in [2.75, 3.05) is 25.2 Å². The topological polar surface area (TPSA) is 131 Å². The van der Waals surface area contributed by atoms with E-state index in [4.69, 9.17) is 14.2 Å². The Morgan fingerprint density at radius 2 is 2.12 bits per heavy atom. The van der Waals surface area contributed by atoms with E-state index in [-0.39, 0.29) is 24.4 Å². The molecule has 1 amide bonds. The standard InChI is InChI=1S/C28H20FN5O5S/c1-14-6-18(23-20(7-14)32-22(37-2)11-31-23)27-33-24-19(29)9-21-25(26(24)40-27)38-13-17(39-21)12-34(28(35)36)16-5-3-4-15(8-16)10-30/h3-9,11,17H,12-13H2,1-2H3,(H,35,36)/t17-/m1/s1. The van der Waals surface area contributed by atoms with Gasteiger partial charge in [0.2, 0.25) is 5.88 Å². The average molecular weight is 558 g/mol. The first-order chi connectivity index (χ1) is 19.3. The number of amides is 1. The molecule has 12 heteroatoms. The van der Waals surface area contributed by atoms with Gasteiger partial charge in [0, 0.05) is 17.3 Å². The maximum Gasteiger partial charge on any atom is 0.411 e. The number of methoxy groups -OCH3 is 1. The largest absolute Gasteiger partial charge is 0.484 e. The third kappa shape index (κ3) is 4.46. The lowest BCUT2D eigenvalue weighted by Crippen LogP contribution is -2.43. The smallest absolute Gasteiger partial charge is 0.411 e. The van der Waals surface area contributed by atoms with E-state index in [9.17, 15) is 15.2 Å². The lowest BCUT2D eigenvalue weighted by molar-refractivity contribution is 0.0957. The molecule has 3 aromatic carbocycles. The molecule has 0 fully saturated rings. The quantitative estimate of drug-likeness (QED) is 0.295. The molecule has 40 heavy (non-hydrogen) atoms. The summed E-state index contributed by atoms with van der Waals surface area (Å²) in [6.07, 6.45) is -0.417. The molecule has 5 aromatic rings. The highest BCUT2D eigenvalue weighted by atomic mass is 32.1. The summed E-state index contributed by atoms with van der Waals surface area (Å²) in [6, 6.07) is 13.3. The summed E-state index contributed by atoms with van der Waals surface area (Å²) >= 11 is 1.24. The van der Waals surface area contributed by atoms with Crippen molar-refractivity contribution in [3.05, 3.63) is 65.6 Å². The normalized spacial score (nSPS) is 14.2. The van der Waals surface area contributed by atoms with Gasteiger partial charge in [0.1, 0.15) is 21.8 Å². The van der Waals surface area contributed by atoms with Crippen LogP contribution in [-0.2, 0) is 0 Å². The molecule has 0 spiro atoms. The number of halogens is 1. The number of aromatic nitrogens is 3. The summed E-state index contributed by atoms with van der Waals surface area (Å²) in [7, 11) is 1.52. The van der Waals surface area contributed by atoms with Crippen molar-refractivity contribution in [1.29, 1.82) is 5.26 Å². The Morgan fingerprint density at radius 3 is 2.90 bits per heavy atom. The molecule has 200 valence electrons. The lowest BCUT2D eigenvalue weighted by Gasteiger charge is -2.30. The van der Waals surface area contributed by atoms with Crippen molar-refractivity contribution >= 4 is 44.4 Å². The van der Waals surface area contributed by atoms with E-state index in [1.54, 1.807) is 18.2 Å². The number of fused-ring (bicyclic) bond motifs is 4. The van der Waals surface area contributed by atoms with E-state index in [0.717, 1.165) is 10.5 Å². The molecule has 0 aliphatic carbocycles. The summed E-state index contributed by atoms with van der Waals surface area (Å²) in [5.41, 5.74) is 3.64. The highest BCUT2D eigenvalue weighted by molar-refractivity contribution is 7.22. The van der Waals surface area contributed by atoms with Crippen LogP contribution in [-0.4, -0.2) is 52.5 Å². The number of anilines is 1. The zero-order chi connectivity index (χ0) is 28.0. The Kier molecular flexibility index (Phi) is 6.28. The number of benzene rings is 3. The molecule has 0 bridgehead atoms. The molecule has 10 nitrogen and oxygen atoms in total. The maximum absolute atomic E-state index is 15.3. The van der Waals surface area contributed by atoms with Gasteiger partial charge in [-0.15, -0.1) is 11.3 Å². The van der Waals surface area contributed by atoms with Crippen LogP contribution in [0.3, 0.4) is 0 Å². The highest BCUT2D eigenvalue weighted by Crippen LogP contribution is 2.45. The molecule has 0 unspecified atom stereocenters. The molecule has 0 saturated carbocycles. The molecule has 1 atom stereocenters. The predicted molar refractivity (Wildman–Crippen MR) is 146 cm³/mol. The fourth-order valence-electron chi connectivity index (χ4n) is 4.57. The highest BCUT2D eigenvalue weighted by Gasteiger charge is 2.30. The first-order valence-electron chi connectivity index (χ1n) is 12.1. The first kappa shape index (κ1) is 25.3. The molecule has 0 saturated heterocycles. The van der Waals surface area contributed by atoms with Gasteiger partial charge < -0.3 is 19.3 Å².